The Morgan fingerprint density at radius 1 is 1.07 bits per heavy atom. The van der Waals surface area contributed by atoms with E-state index in [4.69, 9.17) is 0 Å². The van der Waals surface area contributed by atoms with Crippen LogP contribution in [-0.4, -0.2) is 46.3 Å². The number of hydrogen-bond donors (Lipinski definition) is 1. The molecule has 4 rings (SSSR count). The van der Waals surface area contributed by atoms with Crippen molar-refractivity contribution in [2.45, 2.75) is 20.4 Å². The summed E-state index contributed by atoms with van der Waals surface area (Å²) in [5.41, 5.74) is 4.32. The molecule has 2 aromatic carbocycles. The van der Waals surface area contributed by atoms with E-state index in [9.17, 15) is 4.79 Å². The Labute approximate surface area is 160 Å². The van der Waals surface area contributed by atoms with E-state index in [1.165, 1.54) is 15.8 Å². The highest BCUT2D eigenvalue weighted by molar-refractivity contribution is 5.90. The van der Waals surface area contributed by atoms with Gasteiger partial charge in [-0.3, -0.25) is 4.79 Å². The number of carbonyl (C=O) groups excluding carboxylic acids is 1. The molecule has 0 spiro atoms. The van der Waals surface area contributed by atoms with Crippen LogP contribution in [0.15, 0.2) is 48.8 Å². The molecule has 0 fully saturated rings. The van der Waals surface area contributed by atoms with E-state index in [0.29, 0.717) is 17.1 Å². The molecule has 1 N–H and O–H groups in total. The van der Waals surface area contributed by atoms with E-state index in [2.05, 4.69) is 36.3 Å². The standard InChI is InChI=1S/C18H17N9O/c1-12-7-13(2)9-14(8-12)20-17(28)10-27-22-18(21-24-27)15-5-3-4-6-16(15)26-11-19-23-25-26/h3-9,11H,10H2,1-2H3,(H,20,28). The van der Waals surface area contributed by atoms with Gasteiger partial charge < -0.3 is 5.32 Å². The summed E-state index contributed by atoms with van der Waals surface area (Å²) in [7, 11) is 0. The van der Waals surface area contributed by atoms with Gasteiger partial charge in [-0.05, 0) is 64.9 Å². The van der Waals surface area contributed by atoms with Crippen molar-refractivity contribution in [3.63, 3.8) is 0 Å². The lowest BCUT2D eigenvalue weighted by atomic mass is 10.1. The summed E-state index contributed by atoms with van der Waals surface area (Å²) in [4.78, 5) is 13.6. The van der Waals surface area contributed by atoms with Crippen LogP contribution >= 0.6 is 0 Å². The maximum Gasteiger partial charge on any atom is 0.248 e. The fraction of sp³-hybridized carbons (Fsp3) is 0.167. The molecule has 10 nitrogen and oxygen atoms in total. The van der Waals surface area contributed by atoms with Crippen LogP contribution in [0.5, 0.6) is 0 Å². The molecule has 2 aromatic heterocycles. The van der Waals surface area contributed by atoms with Gasteiger partial charge in [-0.25, -0.2) is 0 Å². The van der Waals surface area contributed by atoms with Gasteiger partial charge in [0.15, 0.2) is 0 Å². The monoisotopic (exact) mass is 375 g/mol. The molecule has 0 aliphatic heterocycles. The van der Waals surface area contributed by atoms with E-state index in [1.54, 1.807) is 0 Å². The van der Waals surface area contributed by atoms with E-state index in [-0.39, 0.29) is 12.5 Å². The quantitative estimate of drug-likeness (QED) is 0.563. The lowest BCUT2D eigenvalue weighted by Crippen LogP contribution is -2.20. The Kier molecular flexibility index (Phi) is 4.58. The highest BCUT2D eigenvalue weighted by Crippen LogP contribution is 2.22. The number of amides is 1. The van der Waals surface area contributed by atoms with Crippen LogP contribution in [0.4, 0.5) is 5.69 Å². The summed E-state index contributed by atoms with van der Waals surface area (Å²) in [6, 6.07) is 13.3. The number of nitrogens with zero attached hydrogens (tertiary/aromatic N) is 8. The number of anilines is 1. The van der Waals surface area contributed by atoms with E-state index >= 15 is 0 Å². The van der Waals surface area contributed by atoms with Crippen molar-refractivity contribution in [3.05, 3.63) is 59.9 Å². The average molecular weight is 375 g/mol. The molecule has 10 heteroatoms. The van der Waals surface area contributed by atoms with Crippen LogP contribution < -0.4 is 5.32 Å². The number of tetrazole rings is 2. The zero-order valence-corrected chi connectivity index (χ0v) is 15.3. The molecule has 0 aliphatic rings. The lowest BCUT2D eigenvalue weighted by Gasteiger charge is -2.07. The molecule has 0 saturated heterocycles. The highest BCUT2D eigenvalue weighted by atomic mass is 16.2. The lowest BCUT2D eigenvalue weighted by molar-refractivity contribution is -0.117. The smallest absolute Gasteiger partial charge is 0.248 e. The van der Waals surface area contributed by atoms with Gasteiger partial charge >= 0.3 is 0 Å². The summed E-state index contributed by atoms with van der Waals surface area (Å²) in [6.07, 6.45) is 1.49. The molecule has 28 heavy (non-hydrogen) atoms. The SMILES string of the molecule is Cc1cc(C)cc(NC(=O)Cn2nnc(-c3ccccc3-n3cnnn3)n2)c1. The van der Waals surface area contributed by atoms with Crippen molar-refractivity contribution in [2.75, 3.05) is 5.32 Å². The zero-order chi connectivity index (χ0) is 19.5. The van der Waals surface area contributed by atoms with Crippen molar-refractivity contribution >= 4 is 11.6 Å². The third-order valence-corrected chi connectivity index (χ3v) is 3.98. The molecule has 140 valence electrons. The minimum absolute atomic E-state index is 0.0486. The first-order chi connectivity index (χ1) is 13.6. The molecule has 4 aromatic rings. The van der Waals surface area contributed by atoms with Crippen LogP contribution in [0.1, 0.15) is 11.1 Å². The topological polar surface area (TPSA) is 116 Å². The minimum atomic E-state index is -0.234. The largest absolute Gasteiger partial charge is 0.324 e. The predicted molar refractivity (Wildman–Crippen MR) is 101 cm³/mol. The fourth-order valence-corrected chi connectivity index (χ4v) is 2.93. The first-order valence-electron chi connectivity index (χ1n) is 8.57. The average Bonchev–Trinajstić information content (AvgIpc) is 3.32. The van der Waals surface area contributed by atoms with Gasteiger partial charge in [0.1, 0.15) is 12.9 Å². The van der Waals surface area contributed by atoms with Crippen molar-refractivity contribution in [2.24, 2.45) is 0 Å². The summed E-state index contributed by atoms with van der Waals surface area (Å²) in [5.74, 6) is 0.146. The van der Waals surface area contributed by atoms with E-state index < -0.39 is 0 Å². The maximum atomic E-state index is 12.3. The van der Waals surface area contributed by atoms with Gasteiger partial charge in [-0.1, -0.05) is 18.2 Å². The summed E-state index contributed by atoms with van der Waals surface area (Å²) >= 11 is 0. The van der Waals surface area contributed by atoms with E-state index in [0.717, 1.165) is 16.8 Å². The normalized spacial score (nSPS) is 10.8. The molecular formula is C18H17N9O. The van der Waals surface area contributed by atoms with Crippen molar-refractivity contribution in [1.82, 2.24) is 40.4 Å². The number of hydrogen-bond acceptors (Lipinski definition) is 7. The van der Waals surface area contributed by atoms with Gasteiger partial charge in [-0.2, -0.15) is 9.48 Å². The number of carbonyl (C=O) groups is 1. The van der Waals surface area contributed by atoms with Crippen molar-refractivity contribution in [1.29, 1.82) is 0 Å². The first-order valence-corrected chi connectivity index (χ1v) is 8.57. The predicted octanol–water partition coefficient (Wildman–Crippen LogP) is 1.57. The number of nitrogens with one attached hydrogen (secondary N) is 1. The molecule has 0 radical (unpaired) electrons. The van der Waals surface area contributed by atoms with Crippen LogP contribution in [-0.2, 0) is 11.3 Å². The molecule has 0 unspecified atom stereocenters. The summed E-state index contributed by atoms with van der Waals surface area (Å²) < 4.78 is 1.52. The number of benzene rings is 2. The maximum absolute atomic E-state index is 12.3. The van der Waals surface area contributed by atoms with Crippen LogP contribution in [0.2, 0.25) is 0 Å². The molecule has 0 atom stereocenters. The third kappa shape index (κ3) is 3.75. The van der Waals surface area contributed by atoms with Gasteiger partial charge in [0.05, 0.1) is 5.69 Å². The van der Waals surface area contributed by atoms with Crippen molar-refractivity contribution in [3.8, 4) is 17.1 Å². The highest BCUT2D eigenvalue weighted by Gasteiger charge is 2.14. The Morgan fingerprint density at radius 2 is 1.86 bits per heavy atom. The first kappa shape index (κ1) is 17.5. The van der Waals surface area contributed by atoms with Gasteiger partial charge in [0.2, 0.25) is 11.7 Å². The fourth-order valence-electron chi connectivity index (χ4n) is 2.93. The van der Waals surface area contributed by atoms with Crippen LogP contribution in [0.25, 0.3) is 17.1 Å². The number of para-hydroxylation sites is 1. The van der Waals surface area contributed by atoms with Gasteiger partial charge in [0, 0.05) is 11.3 Å². The second kappa shape index (κ2) is 7.35. The Hall–Kier alpha value is -3.95. The van der Waals surface area contributed by atoms with Crippen molar-refractivity contribution < 1.29 is 4.79 Å². The second-order valence-corrected chi connectivity index (χ2v) is 6.34. The Balaban J connectivity index is 1.52. The minimum Gasteiger partial charge on any atom is -0.324 e. The number of rotatable bonds is 5. The molecule has 0 bridgehead atoms. The number of aryl methyl sites for hydroxylation is 2. The Morgan fingerprint density at radius 3 is 2.61 bits per heavy atom. The molecule has 0 aliphatic carbocycles. The number of aromatic nitrogens is 8. The van der Waals surface area contributed by atoms with Gasteiger partial charge in [-0.15, -0.1) is 15.3 Å². The van der Waals surface area contributed by atoms with Gasteiger partial charge in [0.25, 0.3) is 0 Å². The molecule has 0 saturated carbocycles. The molecule has 1 amide bonds. The van der Waals surface area contributed by atoms with E-state index in [1.807, 2.05) is 56.3 Å². The summed E-state index contributed by atoms with van der Waals surface area (Å²) in [5, 5.41) is 26.4. The second-order valence-electron chi connectivity index (χ2n) is 6.34. The van der Waals surface area contributed by atoms with Crippen LogP contribution in [0.3, 0.4) is 0 Å². The summed E-state index contributed by atoms with van der Waals surface area (Å²) in [6.45, 7) is 3.92. The van der Waals surface area contributed by atoms with Crippen LogP contribution in [0, 0.1) is 13.8 Å². The molecule has 2 heterocycles. The Bertz CT molecular complexity index is 1100. The third-order valence-electron chi connectivity index (χ3n) is 3.98. The zero-order valence-electron chi connectivity index (χ0n) is 15.3. The molecular weight excluding hydrogens is 358 g/mol.